The summed E-state index contributed by atoms with van der Waals surface area (Å²) in [5, 5.41) is 146. The summed E-state index contributed by atoms with van der Waals surface area (Å²) < 4.78 is 154. The van der Waals surface area contributed by atoms with Gasteiger partial charge < -0.3 is 114 Å². The topological polar surface area (TPSA) is 614 Å². The molecule has 0 bridgehead atoms. The molecule has 0 spiro atoms. The van der Waals surface area contributed by atoms with Gasteiger partial charge in [0, 0.05) is 0 Å². The van der Waals surface area contributed by atoms with Crippen LogP contribution in [0.25, 0.3) is 0 Å². The highest BCUT2D eigenvalue weighted by Crippen LogP contribution is 2.36. The number of carboxylic acid groups (broad SMARTS) is 3. The monoisotopic (exact) mass is 1110 g/mol. The molecule has 19 N–H and O–H groups in total. The van der Waals surface area contributed by atoms with E-state index in [1.54, 1.807) is 0 Å². The summed E-state index contributed by atoms with van der Waals surface area (Å²) in [6.07, 6.45) is -56.6. The third kappa shape index (κ3) is 13.7. The molecule has 0 aromatic carbocycles. The number of aliphatic hydroxyl groups is 11. The molecule has 5 aliphatic rings. The smallest absolute Gasteiger partial charge is 0.397 e. The Morgan fingerprint density at radius 1 is 0.423 bits per heavy atom. The summed E-state index contributed by atoms with van der Waals surface area (Å²) in [6.45, 7) is -2.67. The van der Waals surface area contributed by atoms with Crippen molar-refractivity contribution in [3.8, 4) is 0 Å². The van der Waals surface area contributed by atoms with E-state index in [0.29, 0.717) is 0 Å². The zero-order valence-corrected chi connectivity index (χ0v) is 37.4. The molecular formula is C30H48N2O36S3. The number of ether oxygens (including phenoxy) is 9. The molecule has 1 unspecified atom stereocenters. The molecule has 0 aromatic rings. The van der Waals surface area contributed by atoms with E-state index in [4.69, 9.17) is 47.2 Å². The van der Waals surface area contributed by atoms with Gasteiger partial charge in [0.15, 0.2) is 55.9 Å². The quantitative estimate of drug-likeness (QED) is 0.0534. The van der Waals surface area contributed by atoms with Gasteiger partial charge in [-0.3, -0.25) is 13.7 Å². The Bertz CT molecular complexity index is 2210. The second-order valence-electron chi connectivity index (χ2n) is 15.8. The third-order valence-corrected chi connectivity index (χ3v) is 12.7. The van der Waals surface area contributed by atoms with Gasteiger partial charge in [0.25, 0.3) is 0 Å². The average molecular weight is 1110 g/mol. The van der Waals surface area contributed by atoms with Gasteiger partial charge in [-0.15, -0.1) is 0 Å². The van der Waals surface area contributed by atoms with Crippen LogP contribution in [-0.4, -0.2) is 295 Å². The highest BCUT2D eigenvalue weighted by molar-refractivity contribution is 7.84. The molecule has 0 aliphatic carbocycles. The van der Waals surface area contributed by atoms with Gasteiger partial charge in [-0.05, 0) is 0 Å². The standard InChI is InChI=1S/C30H48N2O36S3/c33-1-3-15(62-29-12(40)9(37)10(38)19(66-29)23(43)44)7(35)5(31-69(50,51)52)27(59-3)64-17-11(39)13(41)30(67-22(17)25(47)48)63-16-4(2-34)60-28(6(8(16)36)32-70(53,54)55)65-18-14(42)20(68-71(56,57)58)26(49)61-21(18)24(45)46/h3-22,26-42,49H,1-2H2,(H,43,44)(H,45,46)(H,47,48)(H,50,51,52)(H,53,54,55)(H,56,57,58)/t3-,4-,5-,6-,7-,8-,9+,10+,11-,12-,13-,14+,15-,16-,17+,18+,19-,20-,21-,22-,26?,27+,28-,29-,30-/m1/s1. The van der Waals surface area contributed by atoms with E-state index in [-0.39, 0.29) is 0 Å². The maximum Gasteiger partial charge on any atom is 0.397 e. The minimum atomic E-state index is -5.57. The zero-order chi connectivity index (χ0) is 53.6. The predicted octanol–water partition coefficient (Wildman–Crippen LogP) is -13.0. The molecule has 5 heterocycles. The first-order valence-corrected chi connectivity index (χ1v) is 24.0. The Hall–Kier alpha value is -2.78. The Morgan fingerprint density at radius 2 is 0.789 bits per heavy atom. The van der Waals surface area contributed by atoms with E-state index in [2.05, 4.69) is 4.18 Å². The van der Waals surface area contributed by atoms with E-state index in [9.17, 15) is 120 Å². The normalized spacial score (nSPS) is 45.0. The van der Waals surface area contributed by atoms with Crippen molar-refractivity contribution in [1.82, 2.24) is 9.44 Å². The van der Waals surface area contributed by atoms with Crippen molar-refractivity contribution in [2.24, 2.45) is 0 Å². The fourth-order valence-corrected chi connectivity index (χ4v) is 9.50. The average Bonchev–Trinajstić information content (AvgIpc) is 3.25. The number of rotatable bonds is 19. The van der Waals surface area contributed by atoms with Crippen LogP contribution in [0, 0.1) is 0 Å². The molecule has 41 heteroatoms. The number of aliphatic hydroxyl groups excluding tert-OH is 11. The maximum atomic E-state index is 12.6. The molecule has 0 radical (unpaired) electrons. The highest BCUT2D eigenvalue weighted by Gasteiger charge is 2.59. The minimum Gasteiger partial charge on any atom is -0.479 e. The van der Waals surface area contributed by atoms with Crippen molar-refractivity contribution < 1.29 is 172 Å². The van der Waals surface area contributed by atoms with Crippen LogP contribution in [0.5, 0.6) is 0 Å². The molecular weight excluding hydrogens is 1060 g/mol. The first-order chi connectivity index (χ1) is 32.7. The van der Waals surface area contributed by atoms with Gasteiger partial charge in [-0.25, -0.2) is 18.6 Å². The SMILES string of the molecule is O=C(O)[C@@H]1O[C@@H](O[C@H]2[C@H](O)[C@@H](NS(=O)(=O)O)[C@H](O[C@H]3[C@H](O)[C@@H](O)[C@H](O[C@H]4[C@H](O)[C@@H](NS(=O)(=O)O)[C@@H](O[C@H]5[C@H](O)[C@@H](OS(=O)(=O)O)C(O)O[C@H]5C(=O)O)O[C@@H]4CO)O[C@H]3C(=O)O)O[C@@H]2CO)[C@H](O)[C@@H](O)[C@@H]1O. The molecule has 412 valence electrons. The summed E-state index contributed by atoms with van der Waals surface area (Å²) in [6, 6.07) is -5.00. The van der Waals surface area contributed by atoms with E-state index >= 15 is 0 Å². The van der Waals surface area contributed by atoms with Crippen molar-refractivity contribution in [1.29, 1.82) is 0 Å². The number of carbonyl (C=O) groups is 3. The van der Waals surface area contributed by atoms with E-state index in [1.165, 1.54) is 9.44 Å². The first-order valence-electron chi connectivity index (χ1n) is 19.8. The van der Waals surface area contributed by atoms with Crippen molar-refractivity contribution >= 4 is 48.9 Å². The molecule has 71 heavy (non-hydrogen) atoms. The molecule has 0 saturated carbocycles. The number of aliphatic carboxylic acids is 3. The minimum absolute atomic E-state index is 1.29. The summed E-state index contributed by atoms with van der Waals surface area (Å²) in [4.78, 5) is 36.2. The number of carboxylic acids is 3. The van der Waals surface area contributed by atoms with Crippen LogP contribution in [0.3, 0.4) is 0 Å². The molecule has 0 amide bonds. The number of hydrogen-bond donors (Lipinski definition) is 19. The lowest BCUT2D eigenvalue weighted by atomic mass is 9.94. The lowest BCUT2D eigenvalue weighted by molar-refractivity contribution is -0.375. The largest absolute Gasteiger partial charge is 0.479 e. The Kier molecular flexibility index (Phi) is 19.1. The predicted molar refractivity (Wildman–Crippen MR) is 204 cm³/mol. The number of nitrogens with one attached hydrogen (secondary N) is 2. The van der Waals surface area contributed by atoms with E-state index in [1.807, 2.05) is 0 Å². The molecule has 5 saturated heterocycles. The van der Waals surface area contributed by atoms with Crippen molar-refractivity contribution in [2.45, 2.75) is 153 Å². The molecule has 25 atom stereocenters. The van der Waals surface area contributed by atoms with Crippen LogP contribution in [0.4, 0.5) is 0 Å². The van der Waals surface area contributed by atoms with Gasteiger partial charge in [-0.2, -0.15) is 34.7 Å². The Balaban J connectivity index is 1.39. The van der Waals surface area contributed by atoms with Gasteiger partial charge >= 0.3 is 48.9 Å². The summed E-state index contributed by atoms with van der Waals surface area (Å²) in [5.74, 6) is -6.13. The second-order valence-corrected chi connectivity index (χ2v) is 19.2. The van der Waals surface area contributed by atoms with E-state index in [0.717, 1.165) is 0 Å². The summed E-state index contributed by atoms with van der Waals surface area (Å²) in [5.41, 5.74) is 0. The molecule has 38 nitrogen and oxygen atoms in total. The molecule has 0 aromatic heterocycles. The lowest BCUT2D eigenvalue weighted by Crippen LogP contribution is -2.71. The van der Waals surface area contributed by atoms with Crippen LogP contribution >= 0.6 is 0 Å². The molecule has 5 aliphatic heterocycles. The van der Waals surface area contributed by atoms with Crippen molar-refractivity contribution in [3.63, 3.8) is 0 Å². The van der Waals surface area contributed by atoms with Crippen molar-refractivity contribution in [3.05, 3.63) is 0 Å². The first kappa shape index (κ1) is 59.1. The highest BCUT2D eigenvalue weighted by atomic mass is 32.3. The Morgan fingerprint density at radius 3 is 1.17 bits per heavy atom. The number of hydrogen-bond acceptors (Lipinski definition) is 30. The van der Waals surface area contributed by atoms with Crippen LogP contribution < -0.4 is 9.44 Å². The van der Waals surface area contributed by atoms with Crippen LogP contribution in [0.1, 0.15) is 0 Å². The van der Waals surface area contributed by atoms with Gasteiger partial charge in [0.1, 0.15) is 97.5 Å². The van der Waals surface area contributed by atoms with Gasteiger partial charge in [-0.1, -0.05) is 0 Å². The van der Waals surface area contributed by atoms with Crippen molar-refractivity contribution in [2.75, 3.05) is 13.2 Å². The van der Waals surface area contributed by atoms with Gasteiger partial charge in [0.2, 0.25) is 0 Å². The zero-order valence-electron chi connectivity index (χ0n) is 34.9. The Labute approximate surface area is 395 Å². The van der Waals surface area contributed by atoms with Crippen LogP contribution in [0.15, 0.2) is 0 Å². The van der Waals surface area contributed by atoms with Crippen LogP contribution in [-0.2, 0) is 92.2 Å². The summed E-state index contributed by atoms with van der Waals surface area (Å²) >= 11 is 0. The molecule has 5 fully saturated rings. The fraction of sp³-hybridized carbons (Fsp3) is 0.900. The third-order valence-electron chi connectivity index (χ3n) is 11.1. The van der Waals surface area contributed by atoms with E-state index < -0.39 is 216 Å². The second kappa shape index (κ2) is 23.0. The lowest BCUT2D eigenvalue weighted by Gasteiger charge is -2.50. The van der Waals surface area contributed by atoms with Crippen LogP contribution in [0.2, 0.25) is 0 Å². The fourth-order valence-electron chi connectivity index (χ4n) is 7.82. The maximum absolute atomic E-state index is 12.6. The molecule has 5 rings (SSSR count). The summed E-state index contributed by atoms with van der Waals surface area (Å²) in [7, 11) is -16.6. The van der Waals surface area contributed by atoms with Gasteiger partial charge in [0.05, 0.1) is 13.2 Å².